The van der Waals surface area contributed by atoms with Gasteiger partial charge in [-0.05, 0) is 62.7 Å². The SMILES string of the molecule is CCCN(c1ccc2c(ccn2C(C)C(=O)OC)c1)N1CSC(C)=C1c1ccc(OC)cc1Cl. The van der Waals surface area contributed by atoms with Crippen LogP contribution in [-0.2, 0) is 9.53 Å². The molecule has 4 rings (SSSR count). The zero-order valence-corrected chi connectivity index (χ0v) is 21.7. The van der Waals surface area contributed by atoms with Gasteiger partial charge in [0.2, 0.25) is 0 Å². The van der Waals surface area contributed by atoms with Crippen molar-refractivity contribution in [1.82, 2.24) is 9.58 Å². The summed E-state index contributed by atoms with van der Waals surface area (Å²) < 4.78 is 12.2. The van der Waals surface area contributed by atoms with Crippen LogP contribution in [0.3, 0.4) is 0 Å². The van der Waals surface area contributed by atoms with Gasteiger partial charge in [-0.15, -0.1) is 11.8 Å². The summed E-state index contributed by atoms with van der Waals surface area (Å²) in [6.45, 7) is 7.03. The third kappa shape index (κ3) is 4.46. The van der Waals surface area contributed by atoms with E-state index in [9.17, 15) is 4.79 Å². The first-order valence-corrected chi connectivity index (χ1v) is 12.7. The monoisotopic (exact) mass is 499 g/mol. The van der Waals surface area contributed by atoms with Crippen LogP contribution in [0.25, 0.3) is 16.6 Å². The van der Waals surface area contributed by atoms with E-state index in [1.807, 2.05) is 53.7 Å². The molecule has 180 valence electrons. The topological polar surface area (TPSA) is 46.9 Å². The lowest BCUT2D eigenvalue weighted by Gasteiger charge is -2.37. The molecule has 0 amide bonds. The lowest BCUT2D eigenvalue weighted by Crippen LogP contribution is -2.40. The van der Waals surface area contributed by atoms with E-state index in [2.05, 4.69) is 42.1 Å². The summed E-state index contributed by atoms with van der Waals surface area (Å²) in [6.07, 6.45) is 2.93. The zero-order valence-electron chi connectivity index (χ0n) is 20.2. The lowest BCUT2D eigenvalue weighted by molar-refractivity contribution is -0.143. The van der Waals surface area contributed by atoms with Crippen molar-refractivity contribution in [1.29, 1.82) is 0 Å². The summed E-state index contributed by atoms with van der Waals surface area (Å²) in [5.41, 5.74) is 4.20. The number of rotatable bonds is 8. The minimum Gasteiger partial charge on any atom is -0.497 e. The number of methoxy groups -OCH3 is 2. The predicted molar refractivity (Wildman–Crippen MR) is 141 cm³/mol. The molecule has 0 N–H and O–H groups in total. The normalized spacial score (nSPS) is 14.6. The molecule has 1 aromatic heterocycles. The highest BCUT2D eigenvalue weighted by Crippen LogP contribution is 2.43. The number of nitrogens with zero attached hydrogens (tertiary/aromatic N) is 3. The number of anilines is 1. The molecule has 1 aliphatic heterocycles. The van der Waals surface area contributed by atoms with Crippen LogP contribution in [-0.4, -0.2) is 42.2 Å². The Morgan fingerprint density at radius 3 is 2.68 bits per heavy atom. The molecular formula is C26H30ClN3O3S. The van der Waals surface area contributed by atoms with Gasteiger partial charge >= 0.3 is 5.97 Å². The van der Waals surface area contributed by atoms with Gasteiger partial charge in [0.05, 0.1) is 36.5 Å². The molecule has 3 aromatic rings. The predicted octanol–water partition coefficient (Wildman–Crippen LogP) is 6.56. The Hall–Kier alpha value is -2.77. The Kier molecular flexibility index (Phi) is 7.33. The van der Waals surface area contributed by atoms with Gasteiger partial charge in [-0.1, -0.05) is 18.5 Å². The number of carbonyl (C=O) groups is 1. The van der Waals surface area contributed by atoms with Crippen molar-refractivity contribution in [3.8, 4) is 5.75 Å². The van der Waals surface area contributed by atoms with Crippen LogP contribution >= 0.6 is 23.4 Å². The fourth-order valence-corrected chi connectivity index (χ4v) is 5.54. The summed E-state index contributed by atoms with van der Waals surface area (Å²) in [7, 11) is 3.06. The third-order valence-corrected chi connectivity index (χ3v) is 7.43. The average Bonchev–Trinajstić information content (AvgIpc) is 3.44. The molecule has 34 heavy (non-hydrogen) atoms. The van der Waals surface area contributed by atoms with Gasteiger partial charge in [-0.2, -0.15) is 0 Å². The van der Waals surface area contributed by atoms with Crippen molar-refractivity contribution in [3.63, 3.8) is 0 Å². The van der Waals surface area contributed by atoms with E-state index < -0.39 is 0 Å². The van der Waals surface area contributed by atoms with Crippen molar-refractivity contribution in [2.45, 2.75) is 33.2 Å². The summed E-state index contributed by atoms with van der Waals surface area (Å²) in [5.74, 6) is 1.29. The second-order valence-electron chi connectivity index (χ2n) is 8.21. The molecule has 1 unspecified atom stereocenters. The van der Waals surface area contributed by atoms with Crippen LogP contribution in [0.4, 0.5) is 5.69 Å². The van der Waals surface area contributed by atoms with E-state index in [1.54, 1.807) is 7.11 Å². The van der Waals surface area contributed by atoms with Gasteiger partial charge in [-0.3, -0.25) is 10.0 Å². The largest absolute Gasteiger partial charge is 0.497 e. The van der Waals surface area contributed by atoms with Crippen LogP contribution in [0.5, 0.6) is 5.75 Å². The fourth-order valence-electron chi connectivity index (χ4n) is 4.34. The standard InChI is InChI=1S/C26H30ClN3O3S/c1-6-12-29(20-7-10-24-19(14-20)11-13-28(24)17(2)26(31)33-5)30-16-34-18(3)25(30)22-9-8-21(32-4)15-23(22)27/h7-11,13-15,17H,6,12,16H2,1-5H3. The molecular weight excluding hydrogens is 470 g/mol. The van der Waals surface area contributed by atoms with E-state index >= 15 is 0 Å². The number of hydrazine groups is 1. The molecule has 1 atom stereocenters. The molecule has 8 heteroatoms. The first-order chi connectivity index (χ1) is 16.4. The van der Waals surface area contributed by atoms with Crippen LogP contribution < -0.4 is 9.75 Å². The van der Waals surface area contributed by atoms with E-state index in [-0.39, 0.29) is 12.0 Å². The average molecular weight is 500 g/mol. The molecule has 0 saturated heterocycles. The highest BCUT2D eigenvalue weighted by Gasteiger charge is 2.29. The fraction of sp³-hybridized carbons (Fsp3) is 0.346. The molecule has 1 aliphatic rings. The van der Waals surface area contributed by atoms with Crippen LogP contribution in [0, 0.1) is 0 Å². The molecule has 0 radical (unpaired) electrons. The van der Waals surface area contributed by atoms with Crippen LogP contribution in [0.2, 0.25) is 5.02 Å². The van der Waals surface area contributed by atoms with Gasteiger partial charge in [-0.25, -0.2) is 4.79 Å². The second kappa shape index (κ2) is 10.2. The van der Waals surface area contributed by atoms with Gasteiger partial charge in [0.25, 0.3) is 0 Å². The Morgan fingerprint density at radius 2 is 2.00 bits per heavy atom. The number of fused-ring (bicyclic) bond motifs is 1. The summed E-state index contributed by atoms with van der Waals surface area (Å²) >= 11 is 8.50. The lowest BCUT2D eigenvalue weighted by atomic mass is 10.1. The molecule has 2 heterocycles. The van der Waals surface area contributed by atoms with Crippen molar-refractivity contribution < 1.29 is 14.3 Å². The summed E-state index contributed by atoms with van der Waals surface area (Å²) in [6, 6.07) is 13.9. The number of carbonyl (C=O) groups excluding carboxylic acids is 1. The first-order valence-electron chi connectivity index (χ1n) is 11.3. The van der Waals surface area contributed by atoms with Crippen molar-refractivity contribution in [2.24, 2.45) is 0 Å². The minimum atomic E-state index is -0.385. The number of hydrogen-bond acceptors (Lipinski definition) is 6. The Bertz CT molecular complexity index is 1240. The highest BCUT2D eigenvalue weighted by molar-refractivity contribution is 8.03. The first kappa shape index (κ1) is 24.4. The minimum absolute atomic E-state index is 0.259. The maximum Gasteiger partial charge on any atom is 0.328 e. The zero-order chi connectivity index (χ0) is 24.4. The number of hydrogen-bond donors (Lipinski definition) is 0. The Balaban J connectivity index is 1.72. The number of thioether (sulfide) groups is 1. The van der Waals surface area contributed by atoms with Crippen molar-refractivity contribution in [2.75, 3.05) is 31.7 Å². The molecule has 0 spiro atoms. The molecule has 0 fully saturated rings. The van der Waals surface area contributed by atoms with Crippen molar-refractivity contribution in [3.05, 3.63) is 64.2 Å². The Labute approximate surface area is 210 Å². The quantitative estimate of drug-likeness (QED) is 0.327. The Morgan fingerprint density at radius 1 is 1.21 bits per heavy atom. The molecule has 0 aliphatic carbocycles. The van der Waals surface area contributed by atoms with Gasteiger partial charge in [0.1, 0.15) is 11.8 Å². The van der Waals surface area contributed by atoms with E-state index in [4.69, 9.17) is 21.1 Å². The molecule has 2 aromatic carbocycles. The van der Waals surface area contributed by atoms with Gasteiger partial charge in [0.15, 0.2) is 0 Å². The molecule has 6 nitrogen and oxygen atoms in total. The highest BCUT2D eigenvalue weighted by atomic mass is 35.5. The molecule has 0 bridgehead atoms. The number of halogens is 1. The number of aromatic nitrogens is 1. The second-order valence-corrected chi connectivity index (χ2v) is 9.78. The maximum atomic E-state index is 12.1. The summed E-state index contributed by atoms with van der Waals surface area (Å²) in [4.78, 5) is 13.3. The number of esters is 1. The smallest absolute Gasteiger partial charge is 0.328 e. The van der Waals surface area contributed by atoms with Gasteiger partial charge in [0, 0.05) is 34.1 Å². The summed E-state index contributed by atoms with van der Waals surface area (Å²) in [5, 5.41) is 6.37. The maximum absolute atomic E-state index is 12.1. The molecule has 0 saturated carbocycles. The number of ether oxygens (including phenoxy) is 2. The third-order valence-electron chi connectivity index (χ3n) is 6.11. The number of allylic oxidation sites excluding steroid dienone is 1. The van der Waals surface area contributed by atoms with Crippen molar-refractivity contribution >= 4 is 51.6 Å². The van der Waals surface area contributed by atoms with E-state index in [0.717, 1.165) is 52.4 Å². The van der Waals surface area contributed by atoms with Crippen LogP contribution in [0.15, 0.2) is 53.6 Å². The van der Waals surface area contributed by atoms with Crippen LogP contribution in [0.1, 0.15) is 38.8 Å². The van der Waals surface area contributed by atoms with Gasteiger partial charge < -0.3 is 14.0 Å². The van der Waals surface area contributed by atoms with E-state index in [0.29, 0.717) is 5.02 Å². The number of benzene rings is 2. The van der Waals surface area contributed by atoms with E-state index in [1.165, 1.54) is 12.0 Å².